The first-order valence-corrected chi connectivity index (χ1v) is 16.5. The van der Waals surface area contributed by atoms with Gasteiger partial charge < -0.3 is 14.6 Å². The number of phenolic OH excluding ortho intramolecular Hbond substituents is 1. The second-order valence-electron chi connectivity index (χ2n) is 12.5. The fraction of sp³-hybridized carbons (Fsp3) is 0.333. The highest BCUT2D eigenvalue weighted by Gasteiger charge is 2.71. The first-order valence-electron chi connectivity index (χ1n) is 15.7. The number of phenols is 1. The number of carbonyl (C=O) groups excluding carboxylic acids is 4. The number of imide groups is 2. The molecular formula is C36H33Cl2N3O7. The molecule has 2 N–H and O–H groups in total. The Labute approximate surface area is 287 Å². The molecule has 10 nitrogen and oxygen atoms in total. The molecule has 0 aromatic heterocycles. The molecule has 4 aliphatic rings. The van der Waals surface area contributed by atoms with Gasteiger partial charge in [0.25, 0.3) is 11.8 Å². The third-order valence-corrected chi connectivity index (χ3v) is 11.1. The largest absolute Gasteiger partial charge is 0.508 e. The fourth-order valence-corrected chi connectivity index (χ4v) is 8.99. The van der Waals surface area contributed by atoms with Crippen LogP contribution in [-0.4, -0.2) is 59.4 Å². The van der Waals surface area contributed by atoms with Crippen LogP contribution in [-0.2, 0) is 24.6 Å². The lowest BCUT2D eigenvalue weighted by molar-refractivity contribution is -0.141. The van der Waals surface area contributed by atoms with E-state index in [1.165, 1.54) is 31.3 Å². The van der Waals surface area contributed by atoms with Gasteiger partial charge in [0.2, 0.25) is 11.8 Å². The molecule has 0 radical (unpaired) electrons. The normalized spacial score (nSPS) is 27.8. The number of amides is 4. The van der Waals surface area contributed by atoms with E-state index in [0.717, 1.165) is 5.01 Å². The van der Waals surface area contributed by atoms with Crippen LogP contribution in [0.2, 0.25) is 10.0 Å². The molecule has 3 aromatic rings. The van der Waals surface area contributed by atoms with Crippen molar-refractivity contribution in [2.75, 3.05) is 26.2 Å². The minimum absolute atomic E-state index is 0.110. The summed E-state index contributed by atoms with van der Waals surface area (Å²) < 4.78 is 11.2. The van der Waals surface area contributed by atoms with E-state index in [-0.39, 0.29) is 47.7 Å². The number of benzene rings is 3. The van der Waals surface area contributed by atoms with Crippen LogP contribution in [0.5, 0.6) is 17.2 Å². The summed E-state index contributed by atoms with van der Waals surface area (Å²) in [4.78, 5) is 58.6. The highest BCUT2D eigenvalue weighted by atomic mass is 35.5. The maximum absolute atomic E-state index is 15.3. The van der Waals surface area contributed by atoms with Gasteiger partial charge in [-0.1, -0.05) is 53.1 Å². The van der Waals surface area contributed by atoms with Crippen molar-refractivity contribution < 1.29 is 33.8 Å². The van der Waals surface area contributed by atoms with E-state index in [1.807, 2.05) is 6.08 Å². The highest BCUT2D eigenvalue weighted by molar-refractivity contribution is 6.36. The molecule has 4 amide bonds. The zero-order valence-electron chi connectivity index (χ0n) is 26.4. The number of halogens is 2. The van der Waals surface area contributed by atoms with Gasteiger partial charge in [0.05, 0.1) is 48.1 Å². The molecule has 48 heavy (non-hydrogen) atoms. The predicted octanol–water partition coefficient (Wildman–Crippen LogP) is 5.72. The van der Waals surface area contributed by atoms with Crippen LogP contribution in [0.25, 0.3) is 0 Å². The minimum Gasteiger partial charge on any atom is -0.508 e. The number of anilines is 1. The van der Waals surface area contributed by atoms with Crippen molar-refractivity contribution in [3.05, 3.63) is 93.5 Å². The maximum atomic E-state index is 15.3. The number of rotatable bonds is 7. The lowest BCUT2D eigenvalue weighted by Crippen LogP contribution is -2.53. The summed E-state index contributed by atoms with van der Waals surface area (Å²) in [6.45, 7) is 2.00. The zero-order chi connectivity index (χ0) is 34.1. The predicted molar refractivity (Wildman–Crippen MR) is 178 cm³/mol. The van der Waals surface area contributed by atoms with E-state index in [0.29, 0.717) is 33.2 Å². The number of carbonyl (C=O) groups is 4. The first kappa shape index (κ1) is 32.0. The molecule has 7 rings (SSSR count). The van der Waals surface area contributed by atoms with Gasteiger partial charge in [-0.05, 0) is 73.7 Å². The van der Waals surface area contributed by atoms with E-state index in [1.54, 1.807) is 55.5 Å². The van der Waals surface area contributed by atoms with Crippen molar-refractivity contribution in [3.63, 3.8) is 0 Å². The number of ether oxygens (including phenoxy) is 2. The molecule has 3 aromatic carbocycles. The molecule has 2 aliphatic carbocycles. The number of nitrogens with one attached hydrogen (secondary N) is 1. The molecule has 0 spiro atoms. The molecule has 6 atom stereocenters. The Kier molecular flexibility index (Phi) is 7.91. The third-order valence-electron chi connectivity index (χ3n) is 10.5. The summed E-state index contributed by atoms with van der Waals surface area (Å²) in [7, 11) is 3.00. The standard InChI is InChI=1S/C36H33Cl2N3O7/c1-4-40-32(43)22-14-13-21-23(29(22)34(40)45)17-24-33(44)41(39-26-15-10-19(37)16-25(26)38)35(46)36(24,18-8-11-20(47-2)12-9-18)31(21)30-27(42)6-5-7-28(30)48-3/h5-13,15-16,22-24,29,31,39,42H,4,14,17H2,1-3H3/t22-,23+,24-,29-,31+,36+/m0/s1. The molecule has 2 saturated heterocycles. The fourth-order valence-electron chi connectivity index (χ4n) is 8.53. The summed E-state index contributed by atoms with van der Waals surface area (Å²) in [5, 5.41) is 13.2. The summed E-state index contributed by atoms with van der Waals surface area (Å²) >= 11 is 12.6. The summed E-state index contributed by atoms with van der Waals surface area (Å²) in [6, 6.07) is 16.5. The van der Waals surface area contributed by atoms with Crippen LogP contribution < -0.4 is 14.9 Å². The average molecular weight is 691 g/mol. The van der Waals surface area contributed by atoms with Crippen molar-refractivity contribution >= 4 is 52.5 Å². The Morgan fingerprint density at radius 2 is 1.69 bits per heavy atom. The van der Waals surface area contributed by atoms with E-state index in [9.17, 15) is 19.5 Å². The molecule has 3 fully saturated rings. The van der Waals surface area contributed by atoms with Crippen LogP contribution in [0.3, 0.4) is 0 Å². The zero-order valence-corrected chi connectivity index (χ0v) is 27.9. The number of hydrogen-bond acceptors (Lipinski definition) is 8. The number of methoxy groups -OCH3 is 2. The monoisotopic (exact) mass is 689 g/mol. The summed E-state index contributed by atoms with van der Waals surface area (Å²) in [6.07, 6.45) is 2.31. The number of hydrazine groups is 1. The number of likely N-dealkylation sites (tertiary alicyclic amines) is 1. The number of hydrogen-bond donors (Lipinski definition) is 2. The van der Waals surface area contributed by atoms with Crippen molar-refractivity contribution in [1.29, 1.82) is 0 Å². The average Bonchev–Trinajstić information content (AvgIpc) is 3.46. The number of aromatic hydroxyl groups is 1. The molecule has 248 valence electrons. The summed E-state index contributed by atoms with van der Waals surface area (Å²) in [5.74, 6) is -4.77. The van der Waals surface area contributed by atoms with Crippen LogP contribution in [0.4, 0.5) is 5.69 Å². The van der Waals surface area contributed by atoms with Crippen LogP contribution >= 0.6 is 23.2 Å². The highest BCUT2D eigenvalue weighted by Crippen LogP contribution is 2.66. The number of allylic oxidation sites excluding steroid dienone is 2. The Balaban J connectivity index is 1.50. The SMILES string of the molecule is CCN1C(=O)[C@H]2[C@H](CC=C3[C@H]2C[C@H]2C(=O)N(Nc4ccc(Cl)cc4Cl)C(=O)[C@@]2(c2ccc(OC)cc2)[C@H]3c2c(O)cccc2OC)C1=O. The van der Waals surface area contributed by atoms with Gasteiger partial charge in [-0.25, -0.2) is 0 Å². The maximum Gasteiger partial charge on any atom is 0.260 e. The third kappa shape index (κ3) is 4.45. The smallest absolute Gasteiger partial charge is 0.260 e. The van der Waals surface area contributed by atoms with Gasteiger partial charge in [0.15, 0.2) is 0 Å². The van der Waals surface area contributed by atoms with Gasteiger partial charge in [-0.2, -0.15) is 5.01 Å². The first-order chi connectivity index (χ1) is 23.1. The van der Waals surface area contributed by atoms with E-state index < -0.39 is 46.8 Å². The van der Waals surface area contributed by atoms with E-state index in [4.69, 9.17) is 32.7 Å². The minimum atomic E-state index is -1.62. The second kappa shape index (κ2) is 11.9. The summed E-state index contributed by atoms with van der Waals surface area (Å²) in [5.41, 5.74) is 3.16. The van der Waals surface area contributed by atoms with Crippen molar-refractivity contribution in [3.8, 4) is 17.2 Å². The van der Waals surface area contributed by atoms with E-state index >= 15 is 4.79 Å². The van der Waals surface area contributed by atoms with Crippen molar-refractivity contribution in [1.82, 2.24) is 9.91 Å². The van der Waals surface area contributed by atoms with Gasteiger partial charge in [-0.3, -0.25) is 29.5 Å². The van der Waals surface area contributed by atoms with Gasteiger partial charge in [0.1, 0.15) is 17.2 Å². The molecule has 12 heteroatoms. The lowest BCUT2D eigenvalue weighted by Gasteiger charge is -2.50. The van der Waals surface area contributed by atoms with Crippen molar-refractivity contribution in [2.45, 2.75) is 31.1 Å². The lowest BCUT2D eigenvalue weighted by atomic mass is 9.49. The molecular weight excluding hydrogens is 657 g/mol. The number of nitrogens with zero attached hydrogens (tertiary/aromatic N) is 2. The molecule has 1 saturated carbocycles. The van der Waals surface area contributed by atoms with Crippen LogP contribution in [0, 0.1) is 23.7 Å². The molecule has 2 heterocycles. The van der Waals surface area contributed by atoms with Gasteiger partial charge in [-0.15, -0.1) is 0 Å². The Morgan fingerprint density at radius 1 is 0.938 bits per heavy atom. The molecule has 0 bridgehead atoms. The topological polar surface area (TPSA) is 125 Å². The molecule has 2 aliphatic heterocycles. The Bertz CT molecular complexity index is 1900. The Morgan fingerprint density at radius 3 is 2.35 bits per heavy atom. The van der Waals surface area contributed by atoms with E-state index in [2.05, 4.69) is 5.43 Å². The van der Waals surface area contributed by atoms with Crippen LogP contribution in [0.1, 0.15) is 36.8 Å². The quantitative estimate of drug-likeness (QED) is 0.238. The van der Waals surface area contributed by atoms with Crippen molar-refractivity contribution in [2.24, 2.45) is 23.7 Å². The Hall–Kier alpha value is -4.54. The van der Waals surface area contributed by atoms with Gasteiger partial charge >= 0.3 is 0 Å². The number of fused-ring (bicyclic) bond motifs is 4. The van der Waals surface area contributed by atoms with Crippen LogP contribution in [0.15, 0.2) is 72.3 Å². The van der Waals surface area contributed by atoms with Gasteiger partial charge in [0, 0.05) is 23.0 Å². The molecule has 0 unspecified atom stereocenters. The second-order valence-corrected chi connectivity index (χ2v) is 13.4.